The second-order valence-electron chi connectivity index (χ2n) is 6.25. The molecule has 2 amide bonds. The number of carbonyl (C=O) groups is 2. The Hall–Kier alpha value is -1.10. The number of piperazine rings is 1. The molecule has 0 radical (unpaired) electrons. The van der Waals surface area contributed by atoms with E-state index >= 15 is 0 Å². The van der Waals surface area contributed by atoms with Gasteiger partial charge in [-0.15, -0.1) is 0 Å². The molecular formula is C14H25N3O2. The minimum absolute atomic E-state index is 0.0360. The summed E-state index contributed by atoms with van der Waals surface area (Å²) in [6.07, 6.45) is 2.82. The summed E-state index contributed by atoms with van der Waals surface area (Å²) in [6, 6.07) is 0. The van der Waals surface area contributed by atoms with E-state index in [-0.39, 0.29) is 11.8 Å². The van der Waals surface area contributed by atoms with Crippen molar-refractivity contribution in [3.05, 3.63) is 0 Å². The van der Waals surface area contributed by atoms with Crippen LogP contribution in [0.25, 0.3) is 0 Å². The molecule has 0 aliphatic carbocycles. The molecule has 5 heteroatoms. The SMILES string of the molecule is CN1CCN(C(=O)CC2CCCNC2)C(C)(C)C1=O. The minimum Gasteiger partial charge on any atom is -0.342 e. The fourth-order valence-electron chi connectivity index (χ4n) is 3.11. The maximum atomic E-state index is 12.5. The van der Waals surface area contributed by atoms with Crippen LogP contribution in [0.5, 0.6) is 0 Å². The van der Waals surface area contributed by atoms with Crippen molar-refractivity contribution in [1.29, 1.82) is 0 Å². The predicted octanol–water partition coefficient (Wildman–Crippen LogP) is 0.455. The number of likely N-dealkylation sites (N-methyl/N-ethyl adjacent to an activating group) is 1. The normalized spacial score (nSPS) is 27.5. The van der Waals surface area contributed by atoms with Gasteiger partial charge in [0.1, 0.15) is 5.54 Å². The summed E-state index contributed by atoms with van der Waals surface area (Å²) in [6.45, 7) is 6.96. The Balaban J connectivity index is 1.99. The molecule has 108 valence electrons. The van der Waals surface area contributed by atoms with Crippen LogP contribution >= 0.6 is 0 Å². The Bertz CT molecular complexity index is 362. The largest absolute Gasteiger partial charge is 0.342 e. The van der Waals surface area contributed by atoms with Crippen molar-refractivity contribution < 1.29 is 9.59 Å². The lowest BCUT2D eigenvalue weighted by molar-refractivity contribution is -0.157. The lowest BCUT2D eigenvalue weighted by atomic mass is 9.92. The lowest BCUT2D eigenvalue weighted by Crippen LogP contribution is -2.63. The zero-order chi connectivity index (χ0) is 14.0. The average molecular weight is 267 g/mol. The molecule has 19 heavy (non-hydrogen) atoms. The van der Waals surface area contributed by atoms with E-state index in [1.165, 1.54) is 0 Å². The van der Waals surface area contributed by atoms with Crippen LogP contribution in [0.2, 0.25) is 0 Å². The van der Waals surface area contributed by atoms with E-state index in [1.807, 2.05) is 13.8 Å². The van der Waals surface area contributed by atoms with Crippen molar-refractivity contribution in [3.63, 3.8) is 0 Å². The van der Waals surface area contributed by atoms with Gasteiger partial charge < -0.3 is 15.1 Å². The molecule has 2 heterocycles. The molecular weight excluding hydrogens is 242 g/mol. The van der Waals surface area contributed by atoms with Crippen molar-refractivity contribution in [3.8, 4) is 0 Å². The molecule has 0 aromatic carbocycles. The van der Waals surface area contributed by atoms with Gasteiger partial charge in [0.2, 0.25) is 11.8 Å². The van der Waals surface area contributed by atoms with E-state index in [0.29, 0.717) is 25.4 Å². The lowest BCUT2D eigenvalue weighted by Gasteiger charge is -2.45. The highest BCUT2D eigenvalue weighted by Crippen LogP contribution is 2.24. The quantitative estimate of drug-likeness (QED) is 0.790. The van der Waals surface area contributed by atoms with E-state index < -0.39 is 5.54 Å². The van der Waals surface area contributed by atoms with Gasteiger partial charge >= 0.3 is 0 Å². The highest BCUT2D eigenvalue weighted by Gasteiger charge is 2.43. The van der Waals surface area contributed by atoms with Crippen LogP contribution in [0.1, 0.15) is 33.1 Å². The first kappa shape index (κ1) is 14.3. The van der Waals surface area contributed by atoms with Gasteiger partial charge in [-0.25, -0.2) is 0 Å². The topological polar surface area (TPSA) is 52.6 Å². The molecule has 5 nitrogen and oxygen atoms in total. The molecule has 2 saturated heterocycles. The molecule has 1 unspecified atom stereocenters. The van der Waals surface area contributed by atoms with Gasteiger partial charge in [0.15, 0.2) is 0 Å². The summed E-state index contributed by atoms with van der Waals surface area (Å²) in [5.41, 5.74) is -0.702. The predicted molar refractivity (Wildman–Crippen MR) is 73.6 cm³/mol. The molecule has 0 spiro atoms. The Kier molecular flexibility index (Phi) is 4.13. The monoisotopic (exact) mass is 267 g/mol. The summed E-state index contributed by atoms with van der Waals surface area (Å²) in [4.78, 5) is 28.1. The summed E-state index contributed by atoms with van der Waals surface area (Å²) >= 11 is 0. The summed E-state index contributed by atoms with van der Waals surface area (Å²) < 4.78 is 0. The Morgan fingerprint density at radius 1 is 1.42 bits per heavy atom. The molecule has 2 aliphatic heterocycles. The second-order valence-corrected chi connectivity index (χ2v) is 6.25. The Labute approximate surface area is 115 Å². The molecule has 0 saturated carbocycles. The third-order valence-corrected chi connectivity index (χ3v) is 4.37. The smallest absolute Gasteiger partial charge is 0.247 e. The van der Waals surface area contributed by atoms with Crippen LogP contribution in [0, 0.1) is 5.92 Å². The van der Waals surface area contributed by atoms with Crippen LogP contribution in [0.3, 0.4) is 0 Å². The second kappa shape index (κ2) is 5.49. The molecule has 2 rings (SSSR count). The third kappa shape index (κ3) is 2.91. The first-order valence-electron chi connectivity index (χ1n) is 7.19. The van der Waals surface area contributed by atoms with Gasteiger partial charge in [0.05, 0.1) is 0 Å². The minimum atomic E-state index is -0.702. The van der Waals surface area contributed by atoms with Gasteiger partial charge in [-0.2, -0.15) is 0 Å². The number of amides is 2. The maximum Gasteiger partial charge on any atom is 0.247 e. The van der Waals surface area contributed by atoms with Crippen LogP contribution in [0.4, 0.5) is 0 Å². The molecule has 2 aliphatic rings. The number of hydrogen-bond acceptors (Lipinski definition) is 3. The first-order valence-corrected chi connectivity index (χ1v) is 7.19. The number of rotatable bonds is 2. The third-order valence-electron chi connectivity index (χ3n) is 4.37. The fourth-order valence-corrected chi connectivity index (χ4v) is 3.11. The summed E-state index contributed by atoms with van der Waals surface area (Å²) in [7, 11) is 1.80. The Morgan fingerprint density at radius 3 is 2.79 bits per heavy atom. The molecule has 0 aromatic rings. The standard InChI is InChI=1S/C14H25N3O2/c1-14(2)13(19)16(3)7-8-17(14)12(18)9-11-5-4-6-15-10-11/h11,15H,4-10H2,1-3H3. The van der Waals surface area contributed by atoms with Crippen molar-refractivity contribution in [2.45, 2.75) is 38.6 Å². The summed E-state index contributed by atoms with van der Waals surface area (Å²) in [5, 5.41) is 3.33. The maximum absolute atomic E-state index is 12.5. The highest BCUT2D eigenvalue weighted by atomic mass is 16.2. The molecule has 0 bridgehead atoms. The zero-order valence-corrected chi connectivity index (χ0v) is 12.2. The van der Waals surface area contributed by atoms with Gasteiger partial charge in [-0.1, -0.05) is 0 Å². The van der Waals surface area contributed by atoms with Crippen molar-refractivity contribution >= 4 is 11.8 Å². The van der Waals surface area contributed by atoms with Gasteiger partial charge in [-0.3, -0.25) is 9.59 Å². The number of hydrogen-bond donors (Lipinski definition) is 1. The first-order chi connectivity index (χ1) is 8.93. The highest BCUT2D eigenvalue weighted by molar-refractivity contribution is 5.91. The van der Waals surface area contributed by atoms with Crippen LogP contribution in [-0.2, 0) is 9.59 Å². The van der Waals surface area contributed by atoms with Gasteiger partial charge in [-0.05, 0) is 45.7 Å². The molecule has 1 atom stereocenters. The zero-order valence-electron chi connectivity index (χ0n) is 12.2. The van der Waals surface area contributed by atoms with Crippen LogP contribution in [0.15, 0.2) is 0 Å². The molecule has 0 aromatic heterocycles. The van der Waals surface area contributed by atoms with E-state index in [9.17, 15) is 9.59 Å². The number of nitrogens with one attached hydrogen (secondary N) is 1. The number of piperidine rings is 1. The average Bonchev–Trinajstić information content (AvgIpc) is 2.37. The van der Waals surface area contributed by atoms with Gasteiger partial charge in [0.25, 0.3) is 0 Å². The van der Waals surface area contributed by atoms with Crippen LogP contribution in [-0.4, -0.2) is 60.4 Å². The van der Waals surface area contributed by atoms with Crippen molar-refractivity contribution in [2.24, 2.45) is 5.92 Å². The number of nitrogens with zero attached hydrogens (tertiary/aromatic N) is 2. The molecule has 2 fully saturated rings. The van der Waals surface area contributed by atoms with E-state index in [4.69, 9.17) is 0 Å². The van der Waals surface area contributed by atoms with Crippen molar-refractivity contribution in [1.82, 2.24) is 15.1 Å². The fraction of sp³-hybridized carbons (Fsp3) is 0.857. The molecule has 1 N–H and O–H groups in total. The number of carbonyl (C=O) groups excluding carboxylic acids is 2. The van der Waals surface area contributed by atoms with E-state index in [2.05, 4.69) is 5.32 Å². The van der Waals surface area contributed by atoms with E-state index in [1.54, 1.807) is 16.8 Å². The van der Waals surface area contributed by atoms with Gasteiger partial charge in [0, 0.05) is 26.6 Å². The Morgan fingerprint density at radius 2 is 2.16 bits per heavy atom. The van der Waals surface area contributed by atoms with Crippen LogP contribution < -0.4 is 5.32 Å². The van der Waals surface area contributed by atoms with Crippen molar-refractivity contribution in [2.75, 3.05) is 33.2 Å². The summed E-state index contributed by atoms with van der Waals surface area (Å²) in [5.74, 6) is 0.584. The van der Waals surface area contributed by atoms with E-state index in [0.717, 1.165) is 25.9 Å².